The lowest BCUT2D eigenvalue weighted by Crippen LogP contribution is -2.36. The first-order valence-corrected chi connectivity index (χ1v) is 11.4. The van der Waals surface area contributed by atoms with Crippen LogP contribution in [0.25, 0.3) is 0 Å². The molecular formula is C26H33N5O4. The third-order valence-corrected chi connectivity index (χ3v) is 5.69. The van der Waals surface area contributed by atoms with Gasteiger partial charge in [0.25, 0.3) is 5.91 Å². The number of ether oxygens (including phenoxy) is 3. The lowest BCUT2D eigenvalue weighted by Gasteiger charge is -2.15. The minimum Gasteiger partial charge on any atom is -0.497 e. The largest absolute Gasteiger partial charge is 0.497 e. The van der Waals surface area contributed by atoms with Gasteiger partial charge in [0, 0.05) is 24.5 Å². The summed E-state index contributed by atoms with van der Waals surface area (Å²) in [5, 5.41) is 10.7. The number of carbonyl (C=O) groups excluding carboxylic acids is 1. The van der Waals surface area contributed by atoms with Gasteiger partial charge in [0.05, 0.1) is 32.6 Å². The molecule has 0 radical (unpaired) electrons. The van der Waals surface area contributed by atoms with Crippen LogP contribution in [0.2, 0.25) is 0 Å². The number of aryl methyl sites for hydroxylation is 2. The zero-order valence-electron chi connectivity index (χ0n) is 21.1. The maximum Gasteiger partial charge on any atom is 0.261 e. The summed E-state index contributed by atoms with van der Waals surface area (Å²) in [6.45, 7) is 7.42. The second kappa shape index (κ2) is 11.9. The summed E-state index contributed by atoms with van der Waals surface area (Å²) < 4.78 is 18.0. The molecule has 0 aliphatic carbocycles. The van der Waals surface area contributed by atoms with Crippen LogP contribution in [0, 0.1) is 13.8 Å². The molecule has 3 aromatic rings. The lowest BCUT2D eigenvalue weighted by atomic mass is 10.1. The number of hydrogen-bond donors (Lipinski definition) is 2. The molecule has 0 spiro atoms. The van der Waals surface area contributed by atoms with Crippen molar-refractivity contribution in [3.63, 3.8) is 0 Å². The van der Waals surface area contributed by atoms with Crippen LogP contribution in [0.4, 0.5) is 5.69 Å². The van der Waals surface area contributed by atoms with Crippen LogP contribution >= 0.6 is 0 Å². The number of anilines is 1. The molecule has 2 N–H and O–H groups in total. The highest BCUT2D eigenvalue weighted by Crippen LogP contribution is 2.30. The van der Waals surface area contributed by atoms with E-state index >= 15 is 0 Å². The van der Waals surface area contributed by atoms with Gasteiger partial charge in [-0.25, -0.2) is 0 Å². The van der Waals surface area contributed by atoms with E-state index in [-0.39, 0.29) is 5.91 Å². The van der Waals surface area contributed by atoms with Crippen LogP contribution in [0.3, 0.4) is 0 Å². The number of para-hydroxylation sites is 1. The van der Waals surface area contributed by atoms with Crippen LogP contribution in [0.15, 0.2) is 47.5 Å². The molecule has 9 heteroatoms. The second-order valence-electron chi connectivity index (χ2n) is 7.79. The van der Waals surface area contributed by atoms with E-state index in [1.807, 2.05) is 35.9 Å². The zero-order chi connectivity index (χ0) is 25.4. The molecule has 0 bridgehead atoms. The monoisotopic (exact) mass is 479 g/mol. The smallest absolute Gasteiger partial charge is 0.261 e. The summed E-state index contributed by atoms with van der Waals surface area (Å²) in [5.41, 5.74) is 4.39. The van der Waals surface area contributed by atoms with Gasteiger partial charge >= 0.3 is 0 Å². The van der Waals surface area contributed by atoms with Gasteiger partial charge in [-0.15, -0.1) is 0 Å². The fourth-order valence-corrected chi connectivity index (χ4v) is 3.85. The summed E-state index contributed by atoms with van der Waals surface area (Å²) in [6, 6.07) is 12.5. The zero-order valence-corrected chi connectivity index (χ0v) is 21.1. The number of hydrogen-bond acceptors (Lipinski definition) is 6. The van der Waals surface area contributed by atoms with Crippen molar-refractivity contribution in [1.82, 2.24) is 15.1 Å². The molecule has 0 unspecified atom stereocenters. The Labute approximate surface area is 206 Å². The second-order valence-corrected chi connectivity index (χ2v) is 7.79. The van der Waals surface area contributed by atoms with Gasteiger partial charge in [-0.3, -0.25) is 19.8 Å². The van der Waals surface area contributed by atoms with Crippen LogP contribution in [0.5, 0.6) is 17.2 Å². The van der Waals surface area contributed by atoms with E-state index in [0.29, 0.717) is 36.0 Å². The number of carbonyl (C=O) groups is 1. The fraction of sp³-hybridized carbons (Fsp3) is 0.346. The van der Waals surface area contributed by atoms with Crippen molar-refractivity contribution in [1.29, 1.82) is 0 Å². The minimum atomic E-state index is -0.369. The average molecular weight is 480 g/mol. The van der Waals surface area contributed by atoms with Crippen molar-refractivity contribution in [3.8, 4) is 17.2 Å². The molecular weight excluding hydrogens is 446 g/mol. The molecule has 1 amide bonds. The molecule has 0 atom stereocenters. The Kier molecular flexibility index (Phi) is 8.72. The van der Waals surface area contributed by atoms with Crippen LogP contribution < -0.4 is 24.8 Å². The van der Waals surface area contributed by atoms with Crippen molar-refractivity contribution < 1.29 is 19.0 Å². The average Bonchev–Trinajstić information content (AvgIpc) is 3.16. The van der Waals surface area contributed by atoms with Crippen LogP contribution in [0.1, 0.15) is 34.2 Å². The van der Waals surface area contributed by atoms with Crippen molar-refractivity contribution in [2.24, 2.45) is 4.99 Å². The van der Waals surface area contributed by atoms with Gasteiger partial charge in [-0.1, -0.05) is 6.07 Å². The van der Waals surface area contributed by atoms with E-state index < -0.39 is 0 Å². The molecule has 2 aromatic carbocycles. The van der Waals surface area contributed by atoms with Crippen molar-refractivity contribution in [2.75, 3.05) is 33.2 Å². The standard InChI is InChI=1S/C26H33N5O4/c1-7-31-18(3)21(17(2)30-31)15-16-27-26(28-19-11-13-20(33-4)14-12-19)29-25(32)22-9-8-10-23(34-5)24(22)35-6/h8-14H,7,15-16H2,1-6H3,(H2,27,28,29,32). The molecule has 3 rings (SSSR count). The molecule has 35 heavy (non-hydrogen) atoms. The third kappa shape index (κ3) is 6.11. The SMILES string of the molecule is CCn1nc(C)c(CCN=C(NC(=O)c2cccc(OC)c2OC)Nc2ccc(OC)cc2)c1C. The van der Waals surface area contributed by atoms with E-state index in [2.05, 4.69) is 34.6 Å². The molecule has 1 aromatic heterocycles. The number of benzene rings is 2. The first-order chi connectivity index (χ1) is 16.9. The maximum absolute atomic E-state index is 13.2. The summed E-state index contributed by atoms with van der Waals surface area (Å²) in [7, 11) is 4.64. The topological polar surface area (TPSA) is 99.0 Å². The number of nitrogens with zero attached hydrogens (tertiary/aromatic N) is 3. The molecule has 1 heterocycles. The molecule has 0 aliphatic heterocycles. The fourth-order valence-electron chi connectivity index (χ4n) is 3.85. The van der Waals surface area contributed by atoms with E-state index in [0.717, 1.165) is 29.4 Å². The number of methoxy groups -OCH3 is 3. The summed E-state index contributed by atoms with van der Waals surface area (Å²) in [5.74, 6) is 1.52. The quantitative estimate of drug-likeness (QED) is 0.356. The van der Waals surface area contributed by atoms with Gasteiger partial charge < -0.3 is 19.5 Å². The molecule has 0 fully saturated rings. The minimum absolute atomic E-state index is 0.322. The van der Waals surface area contributed by atoms with Crippen molar-refractivity contribution >= 4 is 17.6 Å². The Morgan fingerprint density at radius 3 is 2.37 bits per heavy atom. The van der Waals surface area contributed by atoms with Gasteiger partial charge in [-0.2, -0.15) is 5.10 Å². The Hall–Kier alpha value is -4.01. The van der Waals surface area contributed by atoms with E-state index in [1.54, 1.807) is 25.3 Å². The molecule has 0 saturated carbocycles. The predicted octanol–water partition coefficient (Wildman–Crippen LogP) is 3.99. The molecule has 186 valence electrons. The predicted molar refractivity (Wildman–Crippen MR) is 137 cm³/mol. The van der Waals surface area contributed by atoms with Gasteiger partial charge in [0.1, 0.15) is 5.75 Å². The number of rotatable bonds is 9. The van der Waals surface area contributed by atoms with E-state index in [4.69, 9.17) is 14.2 Å². The third-order valence-electron chi connectivity index (χ3n) is 5.69. The first-order valence-electron chi connectivity index (χ1n) is 11.4. The number of aliphatic imine (C=N–C) groups is 1. The van der Waals surface area contributed by atoms with Gasteiger partial charge in [-0.05, 0) is 69.2 Å². The van der Waals surface area contributed by atoms with Crippen LogP contribution in [-0.4, -0.2) is 49.5 Å². The Morgan fingerprint density at radius 1 is 1.03 bits per heavy atom. The number of nitrogens with one attached hydrogen (secondary N) is 2. The molecule has 0 aliphatic rings. The number of guanidine groups is 1. The lowest BCUT2D eigenvalue weighted by molar-refractivity contribution is 0.0973. The Morgan fingerprint density at radius 2 is 1.77 bits per heavy atom. The number of aromatic nitrogens is 2. The highest BCUT2D eigenvalue weighted by atomic mass is 16.5. The maximum atomic E-state index is 13.2. The summed E-state index contributed by atoms with van der Waals surface area (Å²) >= 11 is 0. The normalized spacial score (nSPS) is 11.2. The van der Waals surface area contributed by atoms with E-state index in [1.165, 1.54) is 19.8 Å². The summed E-state index contributed by atoms with van der Waals surface area (Å²) in [6.07, 6.45) is 0.698. The first kappa shape index (κ1) is 25.6. The van der Waals surface area contributed by atoms with Crippen molar-refractivity contribution in [2.45, 2.75) is 33.7 Å². The number of amides is 1. The highest BCUT2D eigenvalue weighted by Gasteiger charge is 2.18. The van der Waals surface area contributed by atoms with Crippen LogP contribution in [-0.2, 0) is 13.0 Å². The Balaban J connectivity index is 1.85. The molecule has 9 nitrogen and oxygen atoms in total. The van der Waals surface area contributed by atoms with Gasteiger partial charge in [0.15, 0.2) is 11.5 Å². The highest BCUT2D eigenvalue weighted by molar-refractivity contribution is 6.11. The molecule has 0 saturated heterocycles. The van der Waals surface area contributed by atoms with Crippen molar-refractivity contribution in [3.05, 3.63) is 65.0 Å². The van der Waals surface area contributed by atoms with Gasteiger partial charge in [0.2, 0.25) is 5.96 Å². The summed E-state index contributed by atoms with van der Waals surface area (Å²) in [4.78, 5) is 17.8. The Bertz CT molecular complexity index is 1190. The van der Waals surface area contributed by atoms with E-state index in [9.17, 15) is 4.79 Å².